The van der Waals surface area contributed by atoms with Crippen molar-refractivity contribution >= 4 is 21.9 Å². The third kappa shape index (κ3) is 4.16. The summed E-state index contributed by atoms with van der Waals surface area (Å²) in [6.45, 7) is 3.80. The minimum absolute atomic E-state index is 0.0771. The van der Waals surface area contributed by atoms with Crippen LogP contribution in [0.5, 0.6) is 5.75 Å². The zero-order chi connectivity index (χ0) is 19.5. The Morgan fingerprint density at radius 2 is 1.88 bits per heavy atom. The minimum atomic E-state index is -3.79. The number of carbonyl (C=O) groups excluding carboxylic acids is 1. The molecule has 0 atom stereocenters. The molecular weight excluding hydrogens is 360 g/mol. The molecule has 9 heteroatoms. The molecule has 0 aliphatic carbocycles. The molecule has 2 rings (SSSR count). The highest BCUT2D eigenvalue weighted by atomic mass is 32.2. The van der Waals surface area contributed by atoms with Gasteiger partial charge in [0, 0.05) is 24.7 Å². The summed E-state index contributed by atoms with van der Waals surface area (Å²) in [5, 5.41) is 9.02. The number of nitrogens with zero attached hydrogens (tertiary/aromatic N) is 2. The molecule has 0 unspecified atom stereocenters. The van der Waals surface area contributed by atoms with Crippen molar-refractivity contribution in [2.45, 2.75) is 37.6 Å². The van der Waals surface area contributed by atoms with Gasteiger partial charge in [-0.1, -0.05) is 0 Å². The first-order valence-corrected chi connectivity index (χ1v) is 9.83. The molecule has 1 heterocycles. The van der Waals surface area contributed by atoms with E-state index in [0.29, 0.717) is 13.1 Å². The fourth-order valence-corrected chi connectivity index (χ4v) is 4.58. The van der Waals surface area contributed by atoms with E-state index in [1.165, 1.54) is 34.5 Å². The number of rotatable bonds is 7. The summed E-state index contributed by atoms with van der Waals surface area (Å²) in [6, 6.07) is 3.79. The third-order valence-electron chi connectivity index (χ3n) is 4.28. The average Bonchev–Trinajstić information content (AvgIpc) is 3.13. The van der Waals surface area contributed by atoms with Crippen LogP contribution in [0.25, 0.3) is 0 Å². The van der Waals surface area contributed by atoms with E-state index in [-0.39, 0.29) is 22.3 Å². The van der Waals surface area contributed by atoms with Crippen LogP contribution >= 0.6 is 0 Å². The Morgan fingerprint density at radius 1 is 1.27 bits per heavy atom. The molecule has 1 fully saturated rings. The van der Waals surface area contributed by atoms with Crippen molar-refractivity contribution in [3.8, 4) is 5.75 Å². The molecule has 8 nitrogen and oxygen atoms in total. The van der Waals surface area contributed by atoms with Gasteiger partial charge in [-0.15, -0.1) is 0 Å². The number of carboxylic acid groups (broad SMARTS) is 1. The number of hydrogen-bond donors (Lipinski definition) is 1. The van der Waals surface area contributed by atoms with Crippen LogP contribution in [0.1, 0.15) is 37.0 Å². The molecule has 1 aromatic rings. The summed E-state index contributed by atoms with van der Waals surface area (Å²) >= 11 is 0. The molecular formula is C17H24N2O6S. The first kappa shape index (κ1) is 20.2. The maximum Gasteiger partial charge on any atom is 0.323 e. The van der Waals surface area contributed by atoms with Crippen molar-refractivity contribution in [3.05, 3.63) is 23.8 Å². The SMILES string of the molecule is COc1ccc(C(=O)N(CC(=O)O)C(C)C)cc1S(=O)(=O)N1CCCC1. The average molecular weight is 384 g/mol. The van der Waals surface area contributed by atoms with Crippen molar-refractivity contribution in [1.29, 1.82) is 0 Å². The predicted octanol–water partition coefficient (Wildman–Crippen LogP) is 1.41. The summed E-state index contributed by atoms with van der Waals surface area (Å²) in [5.74, 6) is -1.52. The number of carboxylic acids is 1. The maximum atomic E-state index is 12.9. The minimum Gasteiger partial charge on any atom is -0.495 e. The van der Waals surface area contributed by atoms with E-state index in [4.69, 9.17) is 9.84 Å². The second-order valence-electron chi connectivity index (χ2n) is 6.40. The highest BCUT2D eigenvalue weighted by Gasteiger charge is 2.31. The quantitative estimate of drug-likeness (QED) is 0.762. The summed E-state index contributed by atoms with van der Waals surface area (Å²) in [5.41, 5.74) is 0.110. The molecule has 1 aromatic carbocycles. The zero-order valence-corrected chi connectivity index (χ0v) is 16.0. The van der Waals surface area contributed by atoms with Crippen molar-refractivity contribution < 1.29 is 27.9 Å². The van der Waals surface area contributed by atoms with Crippen LogP contribution in [-0.4, -0.2) is 67.4 Å². The summed E-state index contributed by atoms with van der Waals surface area (Å²) in [4.78, 5) is 24.9. The van der Waals surface area contributed by atoms with E-state index >= 15 is 0 Å². The Balaban J connectivity index is 2.45. The number of benzene rings is 1. The van der Waals surface area contributed by atoms with Gasteiger partial charge in [-0.05, 0) is 44.9 Å². The summed E-state index contributed by atoms with van der Waals surface area (Å²) in [6.07, 6.45) is 1.58. The molecule has 0 aromatic heterocycles. The summed E-state index contributed by atoms with van der Waals surface area (Å²) in [7, 11) is -2.42. The number of hydrogen-bond acceptors (Lipinski definition) is 5. The number of methoxy groups -OCH3 is 1. The highest BCUT2D eigenvalue weighted by Crippen LogP contribution is 2.30. The van der Waals surface area contributed by atoms with Gasteiger partial charge >= 0.3 is 5.97 Å². The predicted molar refractivity (Wildman–Crippen MR) is 94.8 cm³/mol. The van der Waals surface area contributed by atoms with Gasteiger partial charge in [0.15, 0.2) is 0 Å². The van der Waals surface area contributed by atoms with Crippen LogP contribution in [0.2, 0.25) is 0 Å². The lowest BCUT2D eigenvalue weighted by atomic mass is 10.1. The van der Waals surface area contributed by atoms with Gasteiger partial charge in [-0.25, -0.2) is 8.42 Å². The molecule has 1 aliphatic heterocycles. The molecule has 0 radical (unpaired) electrons. The first-order chi connectivity index (χ1) is 12.2. The number of ether oxygens (including phenoxy) is 1. The molecule has 0 spiro atoms. The molecule has 0 saturated carbocycles. The van der Waals surface area contributed by atoms with Gasteiger partial charge in [0.2, 0.25) is 10.0 Å². The second kappa shape index (κ2) is 8.05. The van der Waals surface area contributed by atoms with Crippen molar-refractivity contribution in [1.82, 2.24) is 9.21 Å². The Hall–Kier alpha value is -2.13. The van der Waals surface area contributed by atoms with Gasteiger partial charge in [0.25, 0.3) is 5.91 Å². The largest absolute Gasteiger partial charge is 0.495 e. The molecule has 0 bridgehead atoms. The molecule has 1 saturated heterocycles. The first-order valence-electron chi connectivity index (χ1n) is 8.39. The van der Waals surface area contributed by atoms with Gasteiger partial charge in [0.05, 0.1) is 7.11 Å². The van der Waals surface area contributed by atoms with Crippen LogP contribution in [0.4, 0.5) is 0 Å². The molecule has 1 amide bonds. The van der Waals surface area contributed by atoms with Crippen LogP contribution in [-0.2, 0) is 14.8 Å². The van der Waals surface area contributed by atoms with E-state index in [0.717, 1.165) is 12.8 Å². The fraction of sp³-hybridized carbons (Fsp3) is 0.529. The van der Waals surface area contributed by atoms with E-state index in [1.807, 2.05) is 0 Å². The van der Waals surface area contributed by atoms with Gasteiger partial charge in [-0.3, -0.25) is 9.59 Å². The van der Waals surface area contributed by atoms with E-state index < -0.39 is 28.4 Å². The van der Waals surface area contributed by atoms with Crippen molar-refractivity contribution in [2.75, 3.05) is 26.7 Å². The number of sulfonamides is 1. The van der Waals surface area contributed by atoms with Gasteiger partial charge < -0.3 is 14.7 Å². The maximum absolute atomic E-state index is 12.9. The smallest absolute Gasteiger partial charge is 0.323 e. The van der Waals surface area contributed by atoms with E-state index in [9.17, 15) is 18.0 Å². The Morgan fingerprint density at radius 3 is 2.38 bits per heavy atom. The highest BCUT2D eigenvalue weighted by molar-refractivity contribution is 7.89. The Labute approximate surface area is 153 Å². The lowest BCUT2D eigenvalue weighted by Gasteiger charge is -2.25. The van der Waals surface area contributed by atoms with E-state index in [1.54, 1.807) is 13.8 Å². The Kier molecular flexibility index (Phi) is 6.25. The standard InChI is InChI=1S/C17H24N2O6S/c1-12(2)19(11-16(20)21)17(22)13-6-7-14(25-3)15(10-13)26(23,24)18-8-4-5-9-18/h6-7,10,12H,4-5,8-9,11H2,1-3H3,(H,20,21). The molecule has 26 heavy (non-hydrogen) atoms. The monoisotopic (exact) mass is 384 g/mol. The lowest BCUT2D eigenvalue weighted by Crippen LogP contribution is -2.40. The second-order valence-corrected chi connectivity index (χ2v) is 8.30. The molecule has 144 valence electrons. The fourth-order valence-electron chi connectivity index (χ4n) is 2.88. The lowest BCUT2D eigenvalue weighted by molar-refractivity contribution is -0.138. The van der Waals surface area contributed by atoms with Gasteiger partial charge in [-0.2, -0.15) is 4.31 Å². The summed E-state index contributed by atoms with van der Waals surface area (Å²) < 4.78 is 32.3. The number of amides is 1. The Bertz CT molecular complexity index is 784. The third-order valence-corrected chi connectivity index (χ3v) is 6.20. The van der Waals surface area contributed by atoms with Crippen molar-refractivity contribution in [3.63, 3.8) is 0 Å². The van der Waals surface area contributed by atoms with Crippen LogP contribution in [0, 0.1) is 0 Å². The van der Waals surface area contributed by atoms with Crippen LogP contribution in [0.3, 0.4) is 0 Å². The molecule has 1 N–H and O–H groups in total. The van der Waals surface area contributed by atoms with Crippen molar-refractivity contribution in [2.24, 2.45) is 0 Å². The van der Waals surface area contributed by atoms with E-state index in [2.05, 4.69) is 0 Å². The van der Waals surface area contributed by atoms with Crippen LogP contribution < -0.4 is 4.74 Å². The normalized spacial score (nSPS) is 15.2. The molecule has 1 aliphatic rings. The van der Waals surface area contributed by atoms with Gasteiger partial charge in [0.1, 0.15) is 17.2 Å². The van der Waals surface area contributed by atoms with Crippen LogP contribution in [0.15, 0.2) is 23.1 Å². The number of aliphatic carboxylic acids is 1. The zero-order valence-electron chi connectivity index (χ0n) is 15.1. The topological polar surface area (TPSA) is 104 Å². The number of carbonyl (C=O) groups is 2.